The molecule has 4 rings (SSSR count). The molecule has 2 heterocycles. The van der Waals surface area contributed by atoms with Crippen molar-refractivity contribution in [1.29, 1.82) is 0 Å². The zero-order chi connectivity index (χ0) is 22.0. The fourth-order valence-corrected chi connectivity index (χ4v) is 3.96. The van der Waals surface area contributed by atoms with E-state index in [0.29, 0.717) is 33.1 Å². The molecule has 0 aliphatic heterocycles. The van der Waals surface area contributed by atoms with Gasteiger partial charge >= 0.3 is 0 Å². The van der Waals surface area contributed by atoms with Crippen LogP contribution in [0.25, 0.3) is 17.1 Å². The smallest absolute Gasteiger partial charge is 0.238 e. The molecular weight excluding hydrogens is 441 g/mol. The number of hydrogen-bond acceptors (Lipinski definition) is 6. The first-order chi connectivity index (χ1) is 14.9. The number of amides is 1. The van der Waals surface area contributed by atoms with Crippen LogP contribution in [0.5, 0.6) is 0 Å². The van der Waals surface area contributed by atoms with Crippen LogP contribution in [0.3, 0.4) is 0 Å². The summed E-state index contributed by atoms with van der Waals surface area (Å²) in [7, 11) is 0. The van der Waals surface area contributed by atoms with Crippen LogP contribution < -0.4 is 5.32 Å². The molecular formula is C21H17ClFN5O2S. The summed E-state index contributed by atoms with van der Waals surface area (Å²) in [4.78, 5) is 12.6. The van der Waals surface area contributed by atoms with Gasteiger partial charge in [0, 0.05) is 11.6 Å². The van der Waals surface area contributed by atoms with Gasteiger partial charge in [0.1, 0.15) is 11.6 Å². The Hall–Kier alpha value is -3.17. The lowest BCUT2D eigenvalue weighted by Gasteiger charge is -2.14. The van der Waals surface area contributed by atoms with Gasteiger partial charge in [-0.1, -0.05) is 52.8 Å². The van der Waals surface area contributed by atoms with Gasteiger partial charge in [-0.05, 0) is 38.1 Å². The van der Waals surface area contributed by atoms with E-state index in [1.165, 1.54) is 6.07 Å². The quantitative estimate of drug-likeness (QED) is 0.403. The van der Waals surface area contributed by atoms with Crippen molar-refractivity contribution in [2.45, 2.75) is 24.3 Å². The monoisotopic (exact) mass is 457 g/mol. The molecule has 4 aromatic rings. The Morgan fingerprint density at radius 1 is 1.19 bits per heavy atom. The second-order valence-corrected chi connectivity index (χ2v) is 8.36. The van der Waals surface area contributed by atoms with E-state index in [2.05, 4.69) is 20.7 Å². The highest BCUT2D eigenvalue weighted by molar-refractivity contribution is 8.00. The Morgan fingerprint density at radius 3 is 2.65 bits per heavy atom. The summed E-state index contributed by atoms with van der Waals surface area (Å²) in [6.07, 6.45) is 0. The van der Waals surface area contributed by atoms with Crippen molar-refractivity contribution in [2.75, 3.05) is 5.32 Å². The highest BCUT2D eigenvalue weighted by atomic mass is 35.5. The van der Waals surface area contributed by atoms with Gasteiger partial charge in [0.05, 0.1) is 16.0 Å². The lowest BCUT2D eigenvalue weighted by atomic mass is 10.2. The number of anilines is 1. The summed E-state index contributed by atoms with van der Waals surface area (Å²) < 4.78 is 21.2. The first kappa shape index (κ1) is 21.1. The molecule has 10 heteroatoms. The van der Waals surface area contributed by atoms with E-state index in [4.69, 9.17) is 16.1 Å². The number of halogens is 2. The van der Waals surface area contributed by atoms with Crippen LogP contribution in [0.1, 0.15) is 12.7 Å². The lowest BCUT2D eigenvalue weighted by molar-refractivity contribution is -0.115. The molecule has 31 heavy (non-hydrogen) atoms. The van der Waals surface area contributed by atoms with Gasteiger partial charge in [0.15, 0.2) is 16.8 Å². The number of aryl methyl sites for hydroxylation is 1. The van der Waals surface area contributed by atoms with Crippen LogP contribution in [0.4, 0.5) is 10.2 Å². The molecule has 1 amide bonds. The van der Waals surface area contributed by atoms with Crippen molar-refractivity contribution in [3.05, 3.63) is 71.2 Å². The summed E-state index contributed by atoms with van der Waals surface area (Å²) in [6.45, 7) is 3.44. The molecule has 2 aromatic heterocycles. The van der Waals surface area contributed by atoms with Crippen molar-refractivity contribution < 1.29 is 13.7 Å². The Bertz CT molecular complexity index is 1240. The Balaban J connectivity index is 1.70. The minimum Gasteiger partial charge on any atom is -0.360 e. The molecule has 0 saturated carbocycles. The predicted octanol–water partition coefficient (Wildman–Crippen LogP) is 5.14. The van der Waals surface area contributed by atoms with Crippen molar-refractivity contribution in [2.24, 2.45) is 0 Å². The van der Waals surface area contributed by atoms with E-state index < -0.39 is 11.1 Å². The molecule has 0 fully saturated rings. The molecule has 0 bridgehead atoms. The number of carbonyl (C=O) groups is 1. The molecule has 1 atom stereocenters. The van der Waals surface area contributed by atoms with E-state index in [1.807, 2.05) is 6.07 Å². The van der Waals surface area contributed by atoms with Crippen LogP contribution in [0.15, 0.2) is 64.3 Å². The zero-order valence-electron chi connectivity index (χ0n) is 16.5. The number of nitrogens with zero attached hydrogens (tertiary/aromatic N) is 4. The standard InChI is InChI=1S/C21H17ClFN5O2S/c1-12-11-18(27-30-12)24-20(29)13(2)31-21-26-25-19(14-7-3-4-8-15(14)22)28(21)17-10-6-5-9-16(17)23/h3-11,13H,1-2H3,(H,24,27,29). The normalized spacial score (nSPS) is 12.0. The third-order valence-electron chi connectivity index (χ3n) is 4.37. The minimum absolute atomic E-state index is 0.254. The third-order valence-corrected chi connectivity index (χ3v) is 5.74. The molecule has 0 aliphatic rings. The minimum atomic E-state index is -0.578. The maximum Gasteiger partial charge on any atom is 0.238 e. The van der Waals surface area contributed by atoms with Crippen molar-refractivity contribution >= 4 is 35.1 Å². The molecule has 0 saturated heterocycles. The van der Waals surface area contributed by atoms with Crippen LogP contribution in [-0.2, 0) is 4.79 Å². The number of nitrogens with one attached hydrogen (secondary N) is 1. The van der Waals surface area contributed by atoms with Crippen LogP contribution >= 0.6 is 23.4 Å². The largest absolute Gasteiger partial charge is 0.360 e. The first-order valence-corrected chi connectivity index (χ1v) is 10.6. The molecule has 1 unspecified atom stereocenters. The zero-order valence-corrected chi connectivity index (χ0v) is 18.1. The number of aromatic nitrogens is 4. The molecule has 0 spiro atoms. The second-order valence-electron chi connectivity index (χ2n) is 6.64. The molecule has 7 nitrogen and oxygen atoms in total. The average molecular weight is 458 g/mol. The van der Waals surface area contributed by atoms with Crippen LogP contribution in [-0.4, -0.2) is 31.1 Å². The first-order valence-electron chi connectivity index (χ1n) is 9.30. The number of para-hydroxylation sites is 1. The molecule has 158 valence electrons. The van der Waals surface area contributed by atoms with Crippen molar-refractivity contribution in [3.63, 3.8) is 0 Å². The Kier molecular flexibility index (Phi) is 6.06. The topological polar surface area (TPSA) is 85.8 Å². The molecule has 2 aromatic carbocycles. The van der Waals surface area contributed by atoms with Gasteiger partial charge in [0.2, 0.25) is 5.91 Å². The van der Waals surface area contributed by atoms with E-state index >= 15 is 0 Å². The van der Waals surface area contributed by atoms with Gasteiger partial charge < -0.3 is 9.84 Å². The maximum atomic E-state index is 14.7. The van der Waals surface area contributed by atoms with Gasteiger partial charge in [-0.3, -0.25) is 9.36 Å². The van der Waals surface area contributed by atoms with Crippen LogP contribution in [0, 0.1) is 12.7 Å². The van der Waals surface area contributed by atoms with E-state index in [0.717, 1.165) is 11.8 Å². The van der Waals surface area contributed by atoms with Crippen molar-refractivity contribution in [1.82, 2.24) is 19.9 Å². The van der Waals surface area contributed by atoms with Gasteiger partial charge in [0.25, 0.3) is 0 Å². The summed E-state index contributed by atoms with van der Waals surface area (Å²) in [5, 5.41) is 15.1. The maximum absolute atomic E-state index is 14.7. The summed E-state index contributed by atoms with van der Waals surface area (Å²) >= 11 is 7.49. The summed E-state index contributed by atoms with van der Waals surface area (Å²) in [5.41, 5.74) is 0.853. The van der Waals surface area contributed by atoms with E-state index in [9.17, 15) is 9.18 Å². The van der Waals surface area contributed by atoms with E-state index in [1.54, 1.807) is 60.9 Å². The van der Waals surface area contributed by atoms with Gasteiger partial charge in [-0.15, -0.1) is 10.2 Å². The molecule has 0 radical (unpaired) electrons. The van der Waals surface area contributed by atoms with E-state index in [-0.39, 0.29) is 11.6 Å². The lowest BCUT2D eigenvalue weighted by Crippen LogP contribution is -2.23. The SMILES string of the molecule is Cc1cc(NC(=O)C(C)Sc2nnc(-c3ccccc3Cl)n2-c2ccccc2F)no1. The van der Waals surface area contributed by atoms with Crippen molar-refractivity contribution in [3.8, 4) is 17.1 Å². The number of thioether (sulfide) groups is 1. The average Bonchev–Trinajstić information content (AvgIpc) is 3.34. The fourth-order valence-electron chi connectivity index (χ4n) is 2.88. The predicted molar refractivity (Wildman–Crippen MR) is 117 cm³/mol. The number of benzene rings is 2. The highest BCUT2D eigenvalue weighted by Crippen LogP contribution is 2.34. The molecule has 1 N–H and O–H groups in total. The Morgan fingerprint density at radius 2 is 1.94 bits per heavy atom. The number of rotatable bonds is 6. The summed E-state index contributed by atoms with van der Waals surface area (Å²) in [6, 6.07) is 15.0. The fraction of sp³-hybridized carbons (Fsp3) is 0.143. The highest BCUT2D eigenvalue weighted by Gasteiger charge is 2.24. The molecule has 0 aliphatic carbocycles. The number of hydrogen-bond donors (Lipinski definition) is 1. The Labute approximate surface area is 186 Å². The van der Waals surface area contributed by atoms with Gasteiger partial charge in [-0.2, -0.15) is 0 Å². The van der Waals surface area contributed by atoms with Gasteiger partial charge in [-0.25, -0.2) is 4.39 Å². The number of carbonyl (C=O) groups excluding carboxylic acids is 1. The second kappa shape index (κ2) is 8.91. The van der Waals surface area contributed by atoms with Crippen LogP contribution in [0.2, 0.25) is 5.02 Å². The summed E-state index contributed by atoms with van der Waals surface area (Å²) in [5.74, 6) is 0.521. The third kappa shape index (κ3) is 4.47.